The summed E-state index contributed by atoms with van der Waals surface area (Å²) < 4.78 is 27.2. The van der Waals surface area contributed by atoms with Crippen molar-refractivity contribution in [3.63, 3.8) is 0 Å². The number of aliphatic carboxylic acids is 1. The van der Waals surface area contributed by atoms with Gasteiger partial charge in [0, 0.05) is 19.6 Å². The number of rotatable bonds is 9. The summed E-state index contributed by atoms with van der Waals surface area (Å²) in [4.78, 5) is 10.4. The van der Waals surface area contributed by atoms with Gasteiger partial charge in [-0.1, -0.05) is 13.8 Å². The summed E-state index contributed by atoms with van der Waals surface area (Å²) in [5, 5.41) is 8.51. The van der Waals surface area contributed by atoms with Gasteiger partial charge in [0.05, 0.1) is 6.42 Å². The molecule has 0 aromatic carbocycles. The van der Waals surface area contributed by atoms with Gasteiger partial charge < -0.3 is 5.11 Å². The van der Waals surface area contributed by atoms with Crippen molar-refractivity contribution in [2.75, 3.05) is 13.6 Å². The van der Waals surface area contributed by atoms with Crippen LogP contribution in [0.5, 0.6) is 0 Å². The molecule has 18 heavy (non-hydrogen) atoms. The molecule has 108 valence electrons. The minimum Gasteiger partial charge on any atom is -0.481 e. The average Bonchev–Trinajstić information content (AvgIpc) is 2.22. The predicted octanol–water partition coefficient (Wildman–Crippen LogP) is 1.05. The molecule has 2 N–H and O–H groups in total. The van der Waals surface area contributed by atoms with Crippen molar-refractivity contribution in [2.45, 2.75) is 46.1 Å². The van der Waals surface area contributed by atoms with Gasteiger partial charge in [-0.05, 0) is 25.7 Å². The topological polar surface area (TPSA) is 86.7 Å². The molecular formula is C11H24N2O4S. The summed E-state index contributed by atoms with van der Waals surface area (Å²) in [5.41, 5.74) is 0. The van der Waals surface area contributed by atoms with Gasteiger partial charge in [0.15, 0.2) is 0 Å². The SMILES string of the molecule is CC(C)CCC(C)NS(=O)(=O)N(C)CCC(=O)O. The lowest BCUT2D eigenvalue weighted by molar-refractivity contribution is -0.137. The molecule has 0 aromatic rings. The van der Waals surface area contributed by atoms with Crippen LogP contribution in [-0.2, 0) is 15.0 Å². The standard InChI is InChI=1S/C11H24N2O4S/c1-9(2)5-6-10(3)12-18(16,17)13(4)8-7-11(14)15/h9-10,12H,5-8H2,1-4H3,(H,14,15). The quantitative estimate of drug-likeness (QED) is 0.661. The number of carboxylic acids is 1. The first-order valence-electron chi connectivity index (χ1n) is 6.10. The average molecular weight is 280 g/mol. The van der Waals surface area contributed by atoms with Gasteiger partial charge in [-0.2, -0.15) is 17.4 Å². The van der Waals surface area contributed by atoms with Gasteiger partial charge in [0.25, 0.3) is 10.2 Å². The van der Waals surface area contributed by atoms with Crippen molar-refractivity contribution in [2.24, 2.45) is 5.92 Å². The highest BCUT2D eigenvalue weighted by molar-refractivity contribution is 7.87. The summed E-state index contributed by atoms with van der Waals surface area (Å²) >= 11 is 0. The van der Waals surface area contributed by atoms with Gasteiger partial charge in [0.1, 0.15) is 0 Å². The summed E-state index contributed by atoms with van der Waals surface area (Å²) in [6, 6.07) is -0.148. The number of carboxylic acid groups (broad SMARTS) is 1. The van der Waals surface area contributed by atoms with E-state index in [0.717, 1.165) is 17.1 Å². The Morgan fingerprint density at radius 2 is 1.83 bits per heavy atom. The van der Waals surface area contributed by atoms with Crippen molar-refractivity contribution >= 4 is 16.2 Å². The maximum atomic E-state index is 11.8. The Labute approximate surface area is 110 Å². The van der Waals surface area contributed by atoms with E-state index in [2.05, 4.69) is 18.6 Å². The Morgan fingerprint density at radius 1 is 1.28 bits per heavy atom. The molecule has 0 saturated carbocycles. The largest absolute Gasteiger partial charge is 0.481 e. The first-order chi connectivity index (χ1) is 8.15. The van der Waals surface area contributed by atoms with Crippen LogP contribution in [0.2, 0.25) is 0 Å². The Morgan fingerprint density at radius 3 is 2.28 bits per heavy atom. The molecule has 0 saturated heterocycles. The van der Waals surface area contributed by atoms with E-state index in [1.165, 1.54) is 7.05 Å². The molecule has 0 amide bonds. The molecule has 0 aliphatic carbocycles. The smallest absolute Gasteiger partial charge is 0.304 e. The van der Waals surface area contributed by atoms with Crippen molar-refractivity contribution in [3.05, 3.63) is 0 Å². The Bertz CT molecular complexity index is 354. The van der Waals surface area contributed by atoms with Crippen LogP contribution in [0.25, 0.3) is 0 Å². The maximum absolute atomic E-state index is 11.8. The zero-order valence-corrected chi connectivity index (χ0v) is 12.3. The second-order valence-electron chi connectivity index (χ2n) is 4.96. The fourth-order valence-electron chi connectivity index (χ4n) is 1.36. The van der Waals surface area contributed by atoms with Gasteiger partial charge in [-0.3, -0.25) is 4.79 Å². The van der Waals surface area contributed by atoms with E-state index < -0.39 is 16.2 Å². The zero-order chi connectivity index (χ0) is 14.3. The van der Waals surface area contributed by atoms with E-state index >= 15 is 0 Å². The van der Waals surface area contributed by atoms with E-state index in [-0.39, 0.29) is 19.0 Å². The highest BCUT2D eigenvalue weighted by atomic mass is 32.2. The van der Waals surface area contributed by atoms with Crippen molar-refractivity contribution in [1.29, 1.82) is 0 Å². The molecule has 6 nitrogen and oxygen atoms in total. The molecule has 7 heteroatoms. The molecule has 1 atom stereocenters. The summed E-state index contributed by atoms with van der Waals surface area (Å²) in [6.07, 6.45) is 1.52. The van der Waals surface area contributed by atoms with E-state index in [9.17, 15) is 13.2 Å². The van der Waals surface area contributed by atoms with Crippen LogP contribution in [0.1, 0.15) is 40.0 Å². The number of nitrogens with zero attached hydrogens (tertiary/aromatic N) is 1. The summed E-state index contributed by atoms with van der Waals surface area (Å²) in [7, 11) is -2.21. The van der Waals surface area contributed by atoms with Gasteiger partial charge in [0.2, 0.25) is 0 Å². The first kappa shape index (κ1) is 17.3. The molecule has 0 bridgehead atoms. The van der Waals surface area contributed by atoms with E-state index in [1.807, 2.05) is 6.92 Å². The van der Waals surface area contributed by atoms with Gasteiger partial charge >= 0.3 is 5.97 Å². The molecule has 0 aromatic heterocycles. The summed E-state index contributed by atoms with van der Waals surface area (Å²) in [6.45, 7) is 5.95. The molecular weight excluding hydrogens is 256 g/mol. The highest BCUT2D eigenvalue weighted by Crippen LogP contribution is 2.08. The van der Waals surface area contributed by atoms with Crippen LogP contribution < -0.4 is 4.72 Å². The fraction of sp³-hybridized carbons (Fsp3) is 0.909. The maximum Gasteiger partial charge on any atom is 0.304 e. The lowest BCUT2D eigenvalue weighted by atomic mass is 10.1. The van der Waals surface area contributed by atoms with Crippen LogP contribution in [0.3, 0.4) is 0 Å². The van der Waals surface area contributed by atoms with Crippen LogP contribution >= 0.6 is 0 Å². The second kappa shape index (κ2) is 7.70. The monoisotopic (exact) mass is 280 g/mol. The highest BCUT2D eigenvalue weighted by Gasteiger charge is 2.20. The van der Waals surface area contributed by atoms with Crippen molar-refractivity contribution in [1.82, 2.24) is 9.03 Å². The zero-order valence-electron chi connectivity index (χ0n) is 11.5. The minimum absolute atomic E-state index is 0.0262. The van der Waals surface area contributed by atoms with E-state index in [0.29, 0.717) is 5.92 Å². The van der Waals surface area contributed by atoms with Crippen molar-refractivity contribution in [3.8, 4) is 0 Å². The fourth-order valence-corrected chi connectivity index (χ4v) is 2.50. The number of carbonyl (C=O) groups is 1. The molecule has 0 heterocycles. The van der Waals surface area contributed by atoms with Crippen LogP contribution in [-0.4, -0.2) is 43.4 Å². The lowest BCUT2D eigenvalue weighted by Crippen LogP contribution is -2.43. The third-order valence-electron chi connectivity index (χ3n) is 2.58. The molecule has 0 fully saturated rings. The van der Waals surface area contributed by atoms with E-state index in [1.54, 1.807) is 0 Å². The van der Waals surface area contributed by atoms with Crippen LogP contribution in [0, 0.1) is 5.92 Å². The molecule has 1 unspecified atom stereocenters. The van der Waals surface area contributed by atoms with Crippen LogP contribution in [0.15, 0.2) is 0 Å². The predicted molar refractivity (Wildman–Crippen MR) is 70.5 cm³/mol. The van der Waals surface area contributed by atoms with E-state index in [4.69, 9.17) is 5.11 Å². The second-order valence-corrected chi connectivity index (χ2v) is 6.77. The first-order valence-corrected chi connectivity index (χ1v) is 7.54. The van der Waals surface area contributed by atoms with Crippen molar-refractivity contribution < 1.29 is 18.3 Å². The molecule has 0 spiro atoms. The molecule has 0 aliphatic heterocycles. The normalized spacial score (nSPS) is 14.1. The van der Waals surface area contributed by atoms with Gasteiger partial charge in [-0.15, -0.1) is 0 Å². The Hall–Kier alpha value is -0.660. The number of hydrogen-bond donors (Lipinski definition) is 2. The third kappa shape index (κ3) is 7.62. The van der Waals surface area contributed by atoms with Crippen LogP contribution in [0.4, 0.5) is 0 Å². The third-order valence-corrected chi connectivity index (χ3v) is 4.28. The number of hydrogen-bond acceptors (Lipinski definition) is 3. The number of nitrogens with one attached hydrogen (secondary N) is 1. The molecule has 0 aliphatic rings. The summed E-state index contributed by atoms with van der Waals surface area (Å²) in [5.74, 6) is -0.480. The minimum atomic E-state index is -3.58. The Kier molecular flexibility index (Phi) is 7.42. The molecule has 0 rings (SSSR count). The lowest BCUT2D eigenvalue weighted by Gasteiger charge is -2.21. The Balaban J connectivity index is 4.24. The van der Waals surface area contributed by atoms with Gasteiger partial charge in [-0.25, -0.2) is 0 Å². The molecule has 0 radical (unpaired) electrons.